The van der Waals surface area contributed by atoms with Crippen molar-refractivity contribution in [1.29, 1.82) is 5.26 Å². The number of unbranched alkanes of at least 4 members (excludes halogenated alkanes) is 3. The van der Waals surface area contributed by atoms with Gasteiger partial charge in [0.25, 0.3) is 0 Å². The molecular weight excluding hydrogens is 396 g/mol. The van der Waals surface area contributed by atoms with Gasteiger partial charge >= 0.3 is 0 Å². The van der Waals surface area contributed by atoms with Crippen LogP contribution in [-0.2, 0) is 0 Å². The summed E-state index contributed by atoms with van der Waals surface area (Å²) in [6.07, 6.45) is 8.88. The van der Waals surface area contributed by atoms with Gasteiger partial charge < -0.3 is 9.47 Å². The van der Waals surface area contributed by atoms with Crippen molar-refractivity contribution < 1.29 is 18.3 Å². The third kappa shape index (κ3) is 6.43. The van der Waals surface area contributed by atoms with E-state index in [4.69, 9.17) is 14.7 Å². The van der Waals surface area contributed by atoms with Crippen molar-refractivity contribution >= 4 is 0 Å². The molecule has 3 rings (SSSR count). The maximum atomic E-state index is 14.0. The first kappa shape index (κ1) is 23.1. The minimum absolute atomic E-state index is 0.121. The van der Waals surface area contributed by atoms with Gasteiger partial charge in [-0.25, -0.2) is 4.39 Å². The van der Waals surface area contributed by atoms with Crippen LogP contribution in [-0.4, -0.2) is 13.2 Å². The molecule has 0 heterocycles. The van der Waals surface area contributed by atoms with Crippen molar-refractivity contribution in [3.63, 3.8) is 0 Å². The van der Waals surface area contributed by atoms with Crippen LogP contribution in [0, 0.1) is 28.9 Å². The van der Waals surface area contributed by atoms with E-state index in [0.717, 1.165) is 44.5 Å². The second-order valence-corrected chi connectivity index (χ2v) is 8.36. The van der Waals surface area contributed by atoms with Gasteiger partial charge in [0.05, 0.1) is 18.8 Å². The number of hydrogen-bond acceptors (Lipinski definition) is 3. The molecule has 3 nitrogen and oxygen atoms in total. The highest BCUT2D eigenvalue weighted by Crippen LogP contribution is 2.36. The van der Waals surface area contributed by atoms with Crippen molar-refractivity contribution in [3.8, 4) is 17.6 Å². The van der Waals surface area contributed by atoms with Crippen molar-refractivity contribution in [2.45, 2.75) is 64.2 Å². The molecule has 5 heteroatoms. The van der Waals surface area contributed by atoms with Crippen LogP contribution in [0.2, 0.25) is 0 Å². The highest BCUT2D eigenvalue weighted by atomic mass is 19.2. The van der Waals surface area contributed by atoms with Gasteiger partial charge in [-0.2, -0.15) is 9.65 Å². The smallest absolute Gasteiger partial charge is 0.201 e. The first-order valence-corrected chi connectivity index (χ1v) is 11.4. The van der Waals surface area contributed by atoms with Crippen LogP contribution >= 0.6 is 0 Å². The zero-order valence-electron chi connectivity index (χ0n) is 18.2. The number of ether oxygens (including phenoxy) is 2. The number of benzene rings is 2. The van der Waals surface area contributed by atoms with Crippen molar-refractivity contribution in [2.24, 2.45) is 5.92 Å². The van der Waals surface area contributed by atoms with Gasteiger partial charge in [-0.1, -0.05) is 38.3 Å². The molecule has 2 aromatic rings. The van der Waals surface area contributed by atoms with Crippen LogP contribution in [0.3, 0.4) is 0 Å². The SMILES string of the molecule is CCCCCCOc1ccc(C2CCC(COc3ccc(C#N)c(F)c3F)CC2)cc1. The van der Waals surface area contributed by atoms with Gasteiger partial charge in [0.1, 0.15) is 11.8 Å². The fraction of sp³-hybridized carbons (Fsp3) is 0.500. The van der Waals surface area contributed by atoms with E-state index in [1.807, 2.05) is 0 Å². The average molecular weight is 428 g/mol. The highest BCUT2D eigenvalue weighted by Gasteiger charge is 2.24. The number of nitrogens with zero attached hydrogens (tertiary/aromatic N) is 1. The fourth-order valence-electron chi connectivity index (χ4n) is 4.15. The summed E-state index contributed by atoms with van der Waals surface area (Å²) in [7, 11) is 0. The van der Waals surface area contributed by atoms with Crippen LogP contribution in [0.1, 0.15) is 75.3 Å². The molecule has 0 bridgehead atoms. The fourth-order valence-corrected chi connectivity index (χ4v) is 4.15. The Bertz CT molecular complexity index is 868. The summed E-state index contributed by atoms with van der Waals surface area (Å²) in [6, 6.07) is 12.7. The van der Waals surface area contributed by atoms with E-state index >= 15 is 0 Å². The molecule has 2 aromatic carbocycles. The van der Waals surface area contributed by atoms with Crippen LogP contribution in [0.4, 0.5) is 8.78 Å². The van der Waals surface area contributed by atoms with Crippen molar-refractivity contribution in [3.05, 3.63) is 59.2 Å². The summed E-state index contributed by atoms with van der Waals surface area (Å²) in [5.74, 6) is -0.584. The zero-order chi connectivity index (χ0) is 22.1. The van der Waals surface area contributed by atoms with Gasteiger partial charge in [-0.3, -0.25) is 0 Å². The molecule has 1 aliphatic rings. The molecule has 0 spiro atoms. The van der Waals surface area contributed by atoms with E-state index in [1.54, 1.807) is 6.07 Å². The van der Waals surface area contributed by atoms with Gasteiger partial charge in [0.2, 0.25) is 5.82 Å². The Morgan fingerprint density at radius 1 is 0.903 bits per heavy atom. The van der Waals surface area contributed by atoms with Gasteiger partial charge in [-0.05, 0) is 73.8 Å². The second-order valence-electron chi connectivity index (χ2n) is 8.36. The predicted octanol–water partition coefficient (Wildman–Crippen LogP) is 7.15. The Morgan fingerprint density at radius 3 is 2.32 bits per heavy atom. The van der Waals surface area contributed by atoms with E-state index in [9.17, 15) is 8.78 Å². The number of hydrogen-bond donors (Lipinski definition) is 0. The molecule has 0 aliphatic heterocycles. The molecule has 0 aromatic heterocycles. The van der Waals surface area contributed by atoms with Crippen LogP contribution in [0.5, 0.6) is 11.5 Å². The standard InChI is InChI=1S/C26H31F2NO2/c1-2-3-4-5-16-30-23-13-10-21(11-14-23)20-8-6-19(7-9-20)18-31-24-15-12-22(17-29)25(27)26(24)28/h10-15,19-20H,2-9,16,18H2,1H3. The first-order valence-electron chi connectivity index (χ1n) is 11.4. The monoisotopic (exact) mass is 427 g/mol. The quantitative estimate of drug-likeness (QED) is 0.378. The molecule has 0 radical (unpaired) electrons. The Labute approximate surface area is 184 Å². The molecule has 31 heavy (non-hydrogen) atoms. The second kappa shape index (κ2) is 11.7. The molecule has 166 valence electrons. The maximum absolute atomic E-state index is 14.0. The summed E-state index contributed by atoms with van der Waals surface area (Å²) in [4.78, 5) is 0. The lowest BCUT2D eigenvalue weighted by Crippen LogP contribution is -2.19. The number of halogens is 2. The van der Waals surface area contributed by atoms with E-state index < -0.39 is 11.6 Å². The molecule has 0 N–H and O–H groups in total. The molecule has 1 saturated carbocycles. The minimum Gasteiger partial charge on any atom is -0.494 e. The molecule has 0 atom stereocenters. The average Bonchev–Trinajstić information content (AvgIpc) is 2.81. The Kier molecular flexibility index (Phi) is 8.70. The summed E-state index contributed by atoms with van der Waals surface area (Å²) in [6.45, 7) is 3.34. The first-order chi connectivity index (χ1) is 15.1. The van der Waals surface area contributed by atoms with Crippen molar-refractivity contribution in [2.75, 3.05) is 13.2 Å². The normalized spacial score (nSPS) is 18.4. The minimum atomic E-state index is -1.14. The van der Waals surface area contributed by atoms with Crippen LogP contribution in [0.15, 0.2) is 36.4 Å². The van der Waals surface area contributed by atoms with Crippen LogP contribution in [0.25, 0.3) is 0 Å². The van der Waals surface area contributed by atoms with Gasteiger partial charge in [0.15, 0.2) is 11.6 Å². The largest absolute Gasteiger partial charge is 0.494 e. The van der Waals surface area contributed by atoms with Gasteiger partial charge in [0, 0.05) is 0 Å². The lowest BCUT2D eigenvalue weighted by molar-refractivity contribution is 0.192. The summed E-state index contributed by atoms with van der Waals surface area (Å²) >= 11 is 0. The Balaban J connectivity index is 1.42. The highest BCUT2D eigenvalue weighted by molar-refractivity contribution is 5.37. The lowest BCUT2D eigenvalue weighted by Gasteiger charge is -2.29. The molecule has 0 unspecified atom stereocenters. The number of rotatable bonds is 10. The van der Waals surface area contributed by atoms with E-state index in [0.29, 0.717) is 18.4 Å². The predicted molar refractivity (Wildman–Crippen MR) is 117 cm³/mol. The zero-order valence-corrected chi connectivity index (χ0v) is 18.2. The van der Waals surface area contributed by atoms with Gasteiger partial charge in [-0.15, -0.1) is 0 Å². The summed E-state index contributed by atoms with van der Waals surface area (Å²) in [5.41, 5.74) is 1.02. The van der Waals surface area contributed by atoms with Crippen LogP contribution < -0.4 is 9.47 Å². The third-order valence-electron chi connectivity index (χ3n) is 6.11. The number of nitriles is 1. The summed E-state index contributed by atoms with van der Waals surface area (Å²) < 4.78 is 39.1. The topological polar surface area (TPSA) is 42.2 Å². The third-order valence-corrected chi connectivity index (χ3v) is 6.11. The molecule has 1 aliphatic carbocycles. The Hall–Kier alpha value is -2.61. The Morgan fingerprint density at radius 2 is 1.65 bits per heavy atom. The molecule has 1 fully saturated rings. The lowest BCUT2D eigenvalue weighted by atomic mass is 9.79. The molecule has 0 amide bonds. The van der Waals surface area contributed by atoms with E-state index in [2.05, 4.69) is 31.2 Å². The molecule has 0 saturated heterocycles. The van der Waals surface area contributed by atoms with E-state index in [-0.39, 0.29) is 11.3 Å². The summed E-state index contributed by atoms with van der Waals surface area (Å²) in [5, 5.41) is 8.76. The van der Waals surface area contributed by atoms with Crippen molar-refractivity contribution in [1.82, 2.24) is 0 Å². The van der Waals surface area contributed by atoms with E-state index in [1.165, 1.54) is 37.0 Å². The molecular formula is C26H31F2NO2. The maximum Gasteiger partial charge on any atom is 0.201 e.